The first-order valence-electron chi connectivity index (χ1n) is 6.97. The SMILES string of the molecule is CC1=CC[C@H]2[C@H]3[C@@H]1[C@]2(C)CCCC3(CO)CO. The summed E-state index contributed by atoms with van der Waals surface area (Å²) in [6.45, 7) is 4.99. The number of hydrogen-bond donors (Lipinski definition) is 2. The quantitative estimate of drug-likeness (QED) is 0.723. The van der Waals surface area contributed by atoms with Crippen molar-refractivity contribution in [3.63, 3.8) is 0 Å². The third-order valence-corrected chi connectivity index (χ3v) is 6.26. The van der Waals surface area contributed by atoms with Crippen LogP contribution >= 0.6 is 0 Å². The van der Waals surface area contributed by atoms with Gasteiger partial charge in [0.15, 0.2) is 0 Å². The maximum Gasteiger partial charge on any atom is 0.0512 e. The maximum absolute atomic E-state index is 9.81. The lowest BCUT2D eigenvalue weighted by atomic mass is 9.38. The third kappa shape index (κ3) is 1.23. The van der Waals surface area contributed by atoms with Gasteiger partial charge in [-0.15, -0.1) is 0 Å². The Hall–Kier alpha value is -0.340. The van der Waals surface area contributed by atoms with E-state index in [0.29, 0.717) is 23.2 Å². The Bertz CT molecular complexity index is 356. The number of aliphatic hydroxyl groups excluding tert-OH is 2. The molecule has 2 heteroatoms. The van der Waals surface area contributed by atoms with Crippen molar-refractivity contribution < 1.29 is 10.2 Å². The molecule has 0 amide bonds. The molecule has 0 saturated heterocycles. The highest BCUT2D eigenvalue weighted by atomic mass is 16.3. The van der Waals surface area contributed by atoms with Gasteiger partial charge in [-0.1, -0.05) is 25.0 Å². The van der Waals surface area contributed by atoms with Gasteiger partial charge in [-0.25, -0.2) is 0 Å². The number of allylic oxidation sites excluding steroid dienone is 2. The Morgan fingerprint density at radius 3 is 2.59 bits per heavy atom. The van der Waals surface area contributed by atoms with E-state index in [4.69, 9.17) is 0 Å². The highest BCUT2D eigenvalue weighted by molar-refractivity contribution is 5.28. The molecule has 4 aliphatic rings. The van der Waals surface area contributed by atoms with Crippen LogP contribution in [0.4, 0.5) is 0 Å². The van der Waals surface area contributed by atoms with Crippen LogP contribution in [0.25, 0.3) is 0 Å². The van der Waals surface area contributed by atoms with E-state index < -0.39 is 0 Å². The van der Waals surface area contributed by atoms with Gasteiger partial charge in [-0.05, 0) is 49.4 Å². The van der Waals surface area contributed by atoms with Crippen LogP contribution in [0.1, 0.15) is 39.5 Å². The fraction of sp³-hybridized carbons (Fsp3) is 0.867. The molecule has 2 fully saturated rings. The second kappa shape index (κ2) is 3.58. The molecule has 0 aromatic carbocycles. The zero-order valence-corrected chi connectivity index (χ0v) is 10.9. The Morgan fingerprint density at radius 2 is 2.00 bits per heavy atom. The summed E-state index contributed by atoms with van der Waals surface area (Å²) >= 11 is 0. The van der Waals surface area contributed by atoms with E-state index in [1.165, 1.54) is 12.0 Å². The van der Waals surface area contributed by atoms with E-state index in [2.05, 4.69) is 19.9 Å². The number of fused-ring (bicyclic) bond motifs is 1. The molecule has 2 N–H and O–H groups in total. The van der Waals surface area contributed by atoms with Crippen LogP contribution in [-0.2, 0) is 0 Å². The largest absolute Gasteiger partial charge is 0.396 e. The molecule has 17 heavy (non-hydrogen) atoms. The average molecular weight is 236 g/mol. The lowest BCUT2D eigenvalue weighted by molar-refractivity contribution is -0.170. The molecule has 4 aliphatic carbocycles. The zero-order chi connectivity index (χ0) is 12.3. The smallest absolute Gasteiger partial charge is 0.0512 e. The predicted molar refractivity (Wildman–Crippen MR) is 67.4 cm³/mol. The van der Waals surface area contributed by atoms with Gasteiger partial charge in [0.2, 0.25) is 0 Å². The fourth-order valence-corrected chi connectivity index (χ4v) is 5.35. The van der Waals surface area contributed by atoms with Crippen molar-refractivity contribution in [2.24, 2.45) is 28.6 Å². The van der Waals surface area contributed by atoms with Gasteiger partial charge in [0.1, 0.15) is 0 Å². The van der Waals surface area contributed by atoms with Crippen LogP contribution in [-0.4, -0.2) is 23.4 Å². The second-order valence-electron chi connectivity index (χ2n) is 6.83. The van der Waals surface area contributed by atoms with Crippen molar-refractivity contribution in [3.8, 4) is 0 Å². The molecule has 0 unspecified atom stereocenters. The van der Waals surface area contributed by atoms with E-state index in [1.807, 2.05) is 0 Å². The first kappa shape index (κ1) is 11.7. The van der Waals surface area contributed by atoms with E-state index in [-0.39, 0.29) is 18.6 Å². The molecule has 2 nitrogen and oxygen atoms in total. The van der Waals surface area contributed by atoms with Gasteiger partial charge < -0.3 is 10.2 Å². The molecule has 0 aromatic heterocycles. The van der Waals surface area contributed by atoms with Crippen LogP contribution < -0.4 is 0 Å². The lowest BCUT2D eigenvalue weighted by Crippen LogP contribution is -2.62. The van der Waals surface area contributed by atoms with Crippen LogP contribution in [0.5, 0.6) is 0 Å². The van der Waals surface area contributed by atoms with Crippen molar-refractivity contribution in [1.82, 2.24) is 0 Å². The van der Waals surface area contributed by atoms with Crippen molar-refractivity contribution in [2.45, 2.75) is 39.5 Å². The summed E-state index contributed by atoms with van der Waals surface area (Å²) in [6, 6.07) is 0. The molecule has 0 aliphatic heterocycles. The predicted octanol–water partition coefficient (Wildman–Crippen LogP) is 2.36. The number of rotatable bonds is 2. The minimum atomic E-state index is -0.207. The first-order valence-corrected chi connectivity index (χ1v) is 6.97. The summed E-state index contributed by atoms with van der Waals surface area (Å²) in [4.78, 5) is 0. The highest BCUT2D eigenvalue weighted by Gasteiger charge is 2.67. The first-order chi connectivity index (χ1) is 8.09. The normalized spacial score (nSPS) is 46.8. The van der Waals surface area contributed by atoms with Crippen molar-refractivity contribution >= 4 is 0 Å². The summed E-state index contributed by atoms with van der Waals surface area (Å²) in [5, 5.41) is 19.6. The second-order valence-corrected chi connectivity index (χ2v) is 6.83. The standard InChI is InChI=1S/C15H24O2/c1-10-4-5-11-13-12(10)14(11,2)6-3-7-15(13,8-16)9-17/h4,11-13,16-17H,3,5-9H2,1-2H3/t11-,12+,13-,14+/m0/s1. The molecule has 0 spiro atoms. The molecule has 96 valence electrons. The minimum Gasteiger partial charge on any atom is -0.396 e. The van der Waals surface area contributed by atoms with Crippen LogP contribution in [0.3, 0.4) is 0 Å². The average Bonchev–Trinajstić information content (AvgIpc) is 2.54. The summed E-state index contributed by atoms with van der Waals surface area (Å²) in [5.41, 5.74) is 1.75. The van der Waals surface area contributed by atoms with Gasteiger partial charge in [0.05, 0.1) is 13.2 Å². The van der Waals surface area contributed by atoms with E-state index in [0.717, 1.165) is 19.3 Å². The minimum absolute atomic E-state index is 0.157. The van der Waals surface area contributed by atoms with Crippen molar-refractivity contribution in [2.75, 3.05) is 13.2 Å². The van der Waals surface area contributed by atoms with E-state index >= 15 is 0 Å². The summed E-state index contributed by atoms with van der Waals surface area (Å²) in [5.74, 6) is 1.83. The van der Waals surface area contributed by atoms with Crippen LogP contribution in [0, 0.1) is 28.6 Å². The van der Waals surface area contributed by atoms with Gasteiger partial charge >= 0.3 is 0 Å². The Kier molecular flexibility index (Phi) is 2.47. The van der Waals surface area contributed by atoms with Gasteiger partial charge in [0.25, 0.3) is 0 Å². The fourth-order valence-electron chi connectivity index (χ4n) is 5.35. The zero-order valence-electron chi connectivity index (χ0n) is 10.9. The molecule has 4 atom stereocenters. The van der Waals surface area contributed by atoms with E-state index in [1.54, 1.807) is 0 Å². The van der Waals surface area contributed by atoms with Gasteiger partial charge in [-0.3, -0.25) is 0 Å². The Balaban J connectivity index is 2.04. The summed E-state index contributed by atoms with van der Waals surface area (Å²) in [6.07, 6.45) is 6.98. The number of aliphatic hydroxyl groups is 2. The molecular weight excluding hydrogens is 212 g/mol. The molecule has 0 radical (unpaired) electrons. The number of hydrogen-bond acceptors (Lipinski definition) is 2. The monoisotopic (exact) mass is 236 g/mol. The Morgan fingerprint density at radius 1 is 1.29 bits per heavy atom. The van der Waals surface area contributed by atoms with E-state index in [9.17, 15) is 10.2 Å². The maximum atomic E-state index is 9.81. The third-order valence-electron chi connectivity index (χ3n) is 6.26. The van der Waals surface area contributed by atoms with Gasteiger partial charge in [-0.2, -0.15) is 0 Å². The van der Waals surface area contributed by atoms with Crippen molar-refractivity contribution in [1.29, 1.82) is 0 Å². The van der Waals surface area contributed by atoms with Crippen LogP contribution in [0.2, 0.25) is 0 Å². The molecule has 0 heterocycles. The highest BCUT2D eigenvalue weighted by Crippen LogP contribution is 2.72. The lowest BCUT2D eigenvalue weighted by Gasteiger charge is -2.66. The Labute approximate surface area is 104 Å². The van der Waals surface area contributed by atoms with Gasteiger partial charge in [0, 0.05) is 5.41 Å². The summed E-state index contributed by atoms with van der Waals surface area (Å²) in [7, 11) is 0. The molecule has 4 rings (SSSR count). The molecular formula is C15H24O2. The van der Waals surface area contributed by atoms with Crippen LogP contribution in [0.15, 0.2) is 11.6 Å². The summed E-state index contributed by atoms with van der Waals surface area (Å²) < 4.78 is 0. The molecule has 4 bridgehead atoms. The topological polar surface area (TPSA) is 40.5 Å². The van der Waals surface area contributed by atoms with Crippen molar-refractivity contribution in [3.05, 3.63) is 11.6 Å². The molecule has 2 saturated carbocycles. The molecule has 0 aromatic rings.